The van der Waals surface area contributed by atoms with Crippen LogP contribution in [0.5, 0.6) is 5.75 Å². The van der Waals surface area contributed by atoms with E-state index in [1.165, 1.54) is 38.1 Å². The summed E-state index contributed by atoms with van der Waals surface area (Å²) in [6.07, 6.45) is 4.12. The molecule has 1 saturated heterocycles. The van der Waals surface area contributed by atoms with Crippen molar-refractivity contribution in [3.63, 3.8) is 0 Å². The van der Waals surface area contributed by atoms with Crippen molar-refractivity contribution < 1.29 is 13.9 Å². The van der Waals surface area contributed by atoms with Crippen LogP contribution in [0.4, 0.5) is 4.39 Å². The van der Waals surface area contributed by atoms with Gasteiger partial charge in [0.1, 0.15) is 17.9 Å². The van der Waals surface area contributed by atoms with Crippen LogP contribution >= 0.6 is 0 Å². The predicted octanol–water partition coefficient (Wildman–Crippen LogP) is 2.50. The number of hydrogen-bond donors (Lipinski definition) is 0. The summed E-state index contributed by atoms with van der Waals surface area (Å²) in [6, 6.07) is 4.07. The minimum atomic E-state index is -0.436. The van der Waals surface area contributed by atoms with Crippen LogP contribution in [-0.2, 0) is 0 Å². The Kier molecular flexibility index (Phi) is 4.70. The Bertz CT molecular complexity index is 403. The highest BCUT2D eigenvalue weighted by Crippen LogP contribution is 2.16. The van der Waals surface area contributed by atoms with E-state index < -0.39 is 5.82 Å². The van der Waals surface area contributed by atoms with Gasteiger partial charge in [-0.1, -0.05) is 0 Å². The molecule has 4 heteroatoms. The number of carbonyl (C=O) groups is 1. The van der Waals surface area contributed by atoms with E-state index >= 15 is 0 Å². The van der Waals surface area contributed by atoms with E-state index in [4.69, 9.17) is 4.74 Å². The number of benzene rings is 1. The van der Waals surface area contributed by atoms with Gasteiger partial charge in [-0.05, 0) is 44.5 Å². The molecule has 0 N–H and O–H groups in total. The smallest absolute Gasteiger partial charge is 0.150 e. The molecule has 0 atom stereocenters. The fourth-order valence-electron chi connectivity index (χ4n) is 2.22. The van der Waals surface area contributed by atoms with Crippen molar-refractivity contribution in [1.29, 1.82) is 0 Å². The van der Waals surface area contributed by atoms with E-state index in [2.05, 4.69) is 4.90 Å². The lowest BCUT2D eigenvalue weighted by Crippen LogP contribution is -2.21. The first-order valence-corrected chi connectivity index (χ1v) is 6.39. The van der Waals surface area contributed by atoms with Gasteiger partial charge in [0, 0.05) is 18.2 Å². The van der Waals surface area contributed by atoms with Crippen molar-refractivity contribution >= 4 is 6.29 Å². The molecular weight excluding hydrogens is 233 g/mol. The number of ether oxygens (including phenoxy) is 1. The highest BCUT2D eigenvalue weighted by Gasteiger charge is 2.10. The van der Waals surface area contributed by atoms with Gasteiger partial charge in [0.05, 0.1) is 6.61 Å². The standard InChI is InChI=1S/C14H18FNO2/c15-13-8-12(11-17)9-14(10-13)18-7-3-6-16-4-1-2-5-16/h8-11H,1-7H2. The summed E-state index contributed by atoms with van der Waals surface area (Å²) in [5, 5.41) is 0. The van der Waals surface area contributed by atoms with Gasteiger partial charge < -0.3 is 9.64 Å². The number of carbonyl (C=O) groups excluding carboxylic acids is 1. The van der Waals surface area contributed by atoms with Crippen LogP contribution in [0.2, 0.25) is 0 Å². The molecule has 1 heterocycles. The average molecular weight is 251 g/mol. The quantitative estimate of drug-likeness (QED) is 0.574. The molecule has 0 spiro atoms. The minimum Gasteiger partial charge on any atom is -0.493 e. The van der Waals surface area contributed by atoms with Gasteiger partial charge in [0.15, 0.2) is 0 Å². The van der Waals surface area contributed by atoms with Crippen molar-refractivity contribution in [1.82, 2.24) is 4.90 Å². The van der Waals surface area contributed by atoms with Gasteiger partial charge in [0.2, 0.25) is 0 Å². The molecule has 2 rings (SSSR count). The molecule has 3 nitrogen and oxygen atoms in total. The fraction of sp³-hybridized carbons (Fsp3) is 0.500. The molecule has 98 valence electrons. The van der Waals surface area contributed by atoms with E-state index in [1.807, 2.05) is 0 Å². The Morgan fingerprint density at radius 2 is 2.06 bits per heavy atom. The van der Waals surface area contributed by atoms with E-state index in [-0.39, 0.29) is 0 Å². The number of rotatable bonds is 6. The molecule has 1 aromatic rings. The summed E-state index contributed by atoms with van der Waals surface area (Å²) in [6.45, 7) is 3.93. The summed E-state index contributed by atoms with van der Waals surface area (Å²) < 4.78 is 18.6. The average Bonchev–Trinajstić information content (AvgIpc) is 2.87. The van der Waals surface area contributed by atoms with Crippen molar-refractivity contribution in [2.24, 2.45) is 0 Å². The largest absolute Gasteiger partial charge is 0.493 e. The second-order valence-electron chi connectivity index (χ2n) is 4.59. The molecule has 0 saturated carbocycles. The number of likely N-dealkylation sites (tertiary alicyclic amines) is 1. The molecular formula is C14H18FNO2. The molecule has 0 aromatic heterocycles. The zero-order valence-corrected chi connectivity index (χ0v) is 10.4. The highest BCUT2D eigenvalue weighted by molar-refractivity contribution is 5.75. The second kappa shape index (κ2) is 6.50. The van der Waals surface area contributed by atoms with Crippen LogP contribution in [0.1, 0.15) is 29.6 Å². The van der Waals surface area contributed by atoms with E-state index in [9.17, 15) is 9.18 Å². The maximum absolute atomic E-state index is 13.1. The summed E-state index contributed by atoms with van der Waals surface area (Å²) >= 11 is 0. The van der Waals surface area contributed by atoms with Crippen LogP contribution < -0.4 is 4.74 Å². The monoisotopic (exact) mass is 251 g/mol. The highest BCUT2D eigenvalue weighted by atomic mass is 19.1. The maximum atomic E-state index is 13.1. The summed E-state index contributed by atoms with van der Waals surface area (Å²) in [7, 11) is 0. The first-order valence-electron chi connectivity index (χ1n) is 6.39. The van der Waals surface area contributed by atoms with E-state index in [0.29, 0.717) is 24.2 Å². The van der Waals surface area contributed by atoms with Crippen LogP contribution in [0.3, 0.4) is 0 Å². The zero-order valence-electron chi connectivity index (χ0n) is 10.4. The molecule has 1 fully saturated rings. The topological polar surface area (TPSA) is 29.5 Å². The molecule has 0 unspecified atom stereocenters. The predicted molar refractivity (Wildman–Crippen MR) is 67.6 cm³/mol. The van der Waals surface area contributed by atoms with Crippen molar-refractivity contribution in [2.75, 3.05) is 26.2 Å². The Morgan fingerprint density at radius 3 is 2.78 bits per heavy atom. The summed E-state index contributed by atoms with van der Waals surface area (Å²) in [5.41, 5.74) is 0.310. The summed E-state index contributed by atoms with van der Waals surface area (Å²) in [5.74, 6) is -0.00679. The van der Waals surface area contributed by atoms with Gasteiger partial charge in [-0.2, -0.15) is 0 Å². The van der Waals surface area contributed by atoms with Gasteiger partial charge in [-0.15, -0.1) is 0 Å². The number of halogens is 1. The lowest BCUT2D eigenvalue weighted by Gasteiger charge is -2.14. The van der Waals surface area contributed by atoms with E-state index in [0.717, 1.165) is 13.0 Å². The third kappa shape index (κ3) is 3.81. The van der Waals surface area contributed by atoms with Crippen molar-refractivity contribution in [3.05, 3.63) is 29.6 Å². The van der Waals surface area contributed by atoms with Crippen LogP contribution in [0.25, 0.3) is 0 Å². The molecule has 0 aliphatic carbocycles. The first kappa shape index (κ1) is 13.0. The number of hydrogen-bond acceptors (Lipinski definition) is 3. The molecule has 18 heavy (non-hydrogen) atoms. The normalized spacial score (nSPS) is 15.8. The lowest BCUT2D eigenvalue weighted by atomic mass is 10.2. The van der Waals surface area contributed by atoms with Gasteiger partial charge in [-0.25, -0.2) is 4.39 Å². The number of aldehydes is 1. The van der Waals surface area contributed by atoms with Gasteiger partial charge in [0.25, 0.3) is 0 Å². The van der Waals surface area contributed by atoms with Crippen molar-refractivity contribution in [2.45, 2.75) is 19.3 Å². The Morgan fingerprint density at radius 1 is 1.28 bits per heavy atom. The minimum absolute atomic E-state index is 0.310. The van der Waals surface area contributed by atoms with Crippen LogP contribution in [0, 0.1) is 5.82 Å². The molecule has 1 aliphatic rings. The number of nitrogens with zero attached hydrogens (tertiary/aromatic N) is 1. The van der Waals surface area contributed by atoms with Crippen LogP contribution in [0.15, 0.2) is 18.2 Å². The van der Waals surface area contributed by atoms with Crippen molar-refractivity contribution in [3.8, 4) is 5.75 Å². The maximum Gasteiger partial charge on any atom is 0.150 e. The van der Waals surface area contributed by atoms with Gasteiger partial charge >= 0.3 is 0 Å². The Hall–Kier alpha value is -1.42. The SMILES string of the molecule is O=Cc1cc(F)cc(OCCCN2CCCC2)c1. The molecule has 0 radical (unpaired) electrons. The molecule has 0 bridgehead atoms. The molecule has 1 aliphatic heterocycles. The fourth-order valence-corrected chi connectivity index (χ4v) is 2.22. The lowest BCUT2D eigenvalue weighted by molar-refractivity contribution is 0.112. The third-order valence-electron chi connectivity index (χ3n) is 3.12. The Balaban J connectivity index is 1.75. The first-order chi connectivity index (χ1) is 8.78. The van der Waals surface area contributed by atoms with E-state index in [1.54, 1.807) is 6.07 Å². The summed E-state index contributed by atoms with van der Waals surface area (Å²) in [4.78, 5) is 13.0. The van der Waals surface area contributed by atoms with Crippen LogP contribution in [-0.4, -0.2) is 37.4 Å². The van der Waals surface area contributed by atoms with Gasteiger partial charge in [-0.3, -0.25) is 4.79 Å². The third-order valence-corrected chi connectivity index (χ3v) is 3.12. The molecule has 0 amide bonds. The zero-order chi connectivity index (χ0) is 12.8. The molecule has 1 aromatic carbocycles. The Labute approximate surface area is 107 Å². The second-order valence-corrected chi connectivity index (χ2v) is 4.59.